The van der Waals surface area contributed by atoms with Gasteiger partial charge in [0.1, 0.15) is 0 Å². The number of hydrogen-bond donors (Lipinski definition) is 2. The normalized spacial score (nSPS) is 37.3. The third-order valence-electron chi connectivity index (χ3n) is 3.85. The van der Waals surface area contributed by atoms with Crippen molar-refractivity contribution >= 4 is 0 Å². The molecule has 3 unspecified atom stereocenters. The molecule has 14 heavy (non-hydrogen) atoms. The summed E-state index contributed by atoms with van der Waals surface area (Å²) >= 11 is 0. The number of rotatable bonds is 2. The minimum atomic E-state index is 0.424. The fourth-order valence-corrected chi connectivity index (χ4v) is 2.91. The van der Waals surface area contributed by atoms with Crippen molar-refractivity contribution in [2.24, 2.45) is 17.6 Å². The van der Waals surface area contributed by atoms with E-state index in [-0.39, 0.29) is 0 Å². The summed E-state index contributed by atoms with van der Waals surface area (Å²) in [7, 11) is 2.21. The van der Waals surface area contributed by atoms with E-state index in [4.69, 9.17) is 5.73 Å². The van der Waals surface area contributed by atoms with E-state index in [9.17, 15) is 0 Å². The van der Waals surface area contributed by atoms with Crippen molar-refractivity contribution in [2.45, 2.75) is 25.3 Å². The van der Waals surface area contributed by atoms with Gasteiger partial charge in [0.05, 0.1) is 0 Å². The van der Waals surface area contributed by atoms with E-state index < -0.39 is 0 Å². The van der Waals surface area contributed by atoms with Crippen LogP contribution in [0.4, 0.5) is 0 Å². The van der Waals surface area contributed by atoms with Crippen LogP contribution in [0.25, 0.3) is 0 Å². The van der Waals surface area contributed by atoms with Crippen molar-refractivity contribution < 1.29 is 0 Å². The maximum absolute atomic E-state index is 6.35. The second kappa shape index (κ2) is 4.60. The highest BCUT2D eigenvalue weighted by molar-refractivity contribution is 4.88. The molecule has 0 aromatic rings. The van der Waals surface area contributed by atoms with E-state index in [1.807, 2.05) is 0 Å². The van der Waals surface area contributed by atoms with Gasteiger partial charge < -0.3 is 16.0 Å². The van der Waals surface area contributed by atoms with Crippen molar-refractivity contribution in [3.63, 3.8) is 0 Å². The second-order valence-corrected chi connectivity index (χ2v) is 4.99. The molecule has 2 rings (SSSR count). The van der Waals surface area contributed by atoms with Gasteiger partial charge in [0.2, 0.25) is 0 Å². The van der Waals surface area contributed by atoms with Gasteiger partial charge in [-0.15, -0.1) is 0 Å². The maximum Gasteiger partial charge on any atom is 0.0120 e. The van der Waals surface area contributed by atoms with Crippen molar-refractivity contribution in [3.8, 4) is 0 Å². The van der Waals surface area contributed by atoms with Crippen LogP contribution in [0.3, 0.4) is 0 Å². The Morgan fingerprint density at radius 2 is 2.21 bits per heavy atom. The van der Waals surface area contributed by atoms with E-state index in [1.54, 1.807) is 0 Å². The summed E-state index contributed by atoms with van der Waals surface area (Å²) in [5.74, 6) is 1.46. The molecular formula is C11H23N3. The van der Waals surface area contributed by atoms with Crippen molar-refractivity contribution in [1.82, 2.24) is 10.2 Å². The molecule has 2 fully saturated rings. The molecule has 3 atom stereocenters. The van der Waals surface area contributed by atoms with Crippen LogP contribution in [0.5, 0.6) is 0 Å². The van der Waals surface area contributed by atoms with Crippen LogP contribution in [0.1, 0.15) is 19.3 Å². The summed E-state index contributed by atoms with van der Waals surface area (Å²) in [5, 5.41) is 3.41. The molecule has 3 heteroatoms. The van der Waals surface area contributed by atoms with Gasteiger partial charge in [-0.3, -0.25) is 0 Å². The molecule has 82 valence electrons. The summed E-state index contributed by atoms with van der Waals surface area (Å²) < 4.78 is 0. The highest BCUT2D eigenvalue weighted by Crippen LogP contribution is 2.24. The largest absolute Gasteiger partial charge is 0.327 e. The third kappa shape index (κ3) is 2.27. The monoisotopic (exact) mass is 197 g/mol. The molecule has 3 nitrogen and oxygen atoms in total. The van der Waals surface area contributed by atoms with Crippen LogP contribution in [0.15, 0.2) is 0 Å². The number of nitrogens with one attached hydrogen (secondary N) is 1. The van der Waals surface area contributed by atoms with Crippen molar-refractivity contribution in [3.05, 3.63) is 0 Å². The molecule has 2 aliphatic rings. The molecule has 0 radical (unpaired) electrons. The molecule has 0 amide bonds. The Morgan fingerprint density at radius 3 is 2.86 bits per heavy atom. The molecule has 0 aromatic carbocycles. The maximum atomic E-state index is 6.35. The second-order valence-electron chi connectivity index (χ2n) is 4.99. The minimum absolute atomic E-state index is 0.424. The standard InChI is InChI=1S/C11H23N3/c1-14-6-2-3-10(8-14)11(12)9-4-5-13-7-9/h9-11,13H,2-8,12H2,1H3. The Bertz CT molecular complexity index is 177. The van der Waals surface area contributed by atoms with Crippen molar-refractivity contribution in [1.29, 1.82) is 0 Å². The van der Waals surface area contributed by atoms with Gasteiger partial charge in [-0.1, -0.05) is 0 Å². The summed E-state index contributed by atoms with van der Waals surface area (Å²) in [5.41, 5.74) is 6.35. The first-order valence-electron chi connectivity index (χ1n) is 5.92. The number of nitrogens with zero attached hydrogens (tertiary/aromatic N) is 1. The topological polar surface area (TPSA) is 41.3 Å². The zero-order valence-electron chi connectivity index (χ0n) is 9.21. The van der Waals surface area contributed by atoms with E-state index in [0.717, 1.165) is 18.4 Å². The van der Waals surface area contributed by atoms with Crippen LogP contribution in [0, 0.1) is 11.8 Å². The zero-order chi connectivity index (χ0) is 9.97. The molecule has 2 saturated heterocycles. The first-order chi connectivity index (χ1) is 6.77. The first-order valence-corrected chi connectivity index (χ1v) is 5.92. The molecule has 0 saturated carbocycles. The Hall–Kier alpha value is -0.120. The Morgan fingerprint density at radius 1 is 1.36 bits per heavy atom. The molecule has 0 bridgehead atoms. The summed E-state index contributed by atoms with van der Waals surface area (Å²) in [6.45, 7) is 4.77. The van der Waals surface area contributed by atoms with Crippen LogP contribution >= 0.6 is 0 Å². The minimum Gasteiger partial charge on any atom is -0.327 e. The number of likely N-dealkylation sites (tertiary alicyclic amines) is 1. The van der Waals surface area contributed by atoms with E-state index in [0.29, 0.717) is 6.04 Å². The van der Waals surface area contributed by atoms with Gasteiger partial charge in [0, 0.05) is 12.6 Å². The highest BCUT2D eigenvalue weighted by atomic mass is 15.1. The SMILES string of the molecule is CN1CCCC(C(N)C2CCNC2)C1. The van der Waals surface area contributed by atoms with Crippen LogP contribution in [0.2, 0.25) is 0 Å². The molecule has 0 aliphatic carbocycles. The van der Waals surface area contributed by atoms with E-state index >= 15 is 0 Å². The number of piperidine rings is 1. The van der Waals surface area contributed by atoms with E-state index in [2.05, 4.69) is 17.3 Å². The molecule has 2 aliphatic heterocycles. The molecule has 0 spiro atoms. The average molecular weight is 197 g/mol. The summed E-state index contributed by atoms with van der Waals surface area (Å²) in [4.78, 5) is 2.43. The Kier molecular flexibility index (Phi) is 3.42. The van der Waals surface area contributed by atoms with Gasteiger partial charge >= 0.3 is 0 Å². The lowest BCUT2D eigenvalue weighted by atomic mass is 9.83. The third-order valence-corrected chi connectivity index (χ3v) is 3.85. The van der Waals surface area contributed by atoms with Gasteiger partial charge in [0.15, 0.2) is 0 Å². The van der Waals surface area contributed by atoms with E-state index in [1.165, 1.54) is 38.9 Å². The summed E-state index contributed by atoms with van der Waals surface area (Å²) in [6, 6.07) is 0.424. The fraction of sp³-hybridized carbons (Fsp3) is 1.00. The number of nitrogens with two attached hydrogens (primary N) is 1. The lowest BCUT2D eigenvalue weighted by Crippen LogP contribution is -2.46. The van der Waals surface area contributed by atoms with Crippen molar-refractivity contribution in [2.75, 3.05) is 33.2 Å². The predicted octanol–water partition coefficient (Wildman–Crippen LogP) is 0.265. The summed E-state index contributed by atoms with van der Waals surface area (Å²) in [6.07, 6.45) is 3.94. The average Bonchev–Trinajstić information content (AvgIpc) is 2.69. The smallest absolute Gasteiger partial charge is 0.0120 e. The highest BCUT2D eigenvalue weighted by Gasteiger charge is 2.30. The van der Waals surface area contributed by atoms with Crippen LogP contribution < -0.4 is 11.1 Å². The Labute approximate surface area is 87.0 Å². The number of hydrogen-bond acceptors (Lipinski definition) is 3. The van der Waals surface area contributed by atoms with Gasteiger partial charge in [0.25, 0.3) is 0 Å². The fourth-order valence-electron chi connectivity index (χ4n) is 2.91. The lowest BCUT2D eigenvalue weighted by Gasteiger charge is -2.35. The zero-order valence-corrected chi connectivity index (χ0v) is 9.21. The quantitative estimate of drug-likeness (QED) is 0.667. The predicted molar refractivity (Wildman–Crippen MR) is 59.2 cm³/mol. The van der Waals surface area contributed by atoms with Gasteiger partial charge in [-0.25, -0.2) is 0 Å². The Balaban J connectivity index is 1.86. The van der Waals surface area contributed by atoms with Crippen LogP contribution in [-0.4, -0.2) is 44.2 Å². The van der Waals surface area contributed by atoms with Crippen LogP contribution in [-0.2, 0) is 0 Å². The first kappa shape index (κ1) is 10.4. The molecule has 0 aromatic heterocycles. The van der Waals surface area contributed by atoms with Gasteiger partial charge in [-0.2, -0.15) is 0 Å². The lowest BCUT2D eigenvalue weighted by molar-refractivity contribution is 0.166. The van der Waals surface area contributed by atoms with Gasteiger partial charge in [-0.05, 0) is 57.8 Å². The molecule has 3 N–H and O–H groups in total. The molecule has 2 heterocycles. The molecular weight excluding hydrogens is 174 g/mol.